The summed E-state index contributed by atoms with van der Waals surface area (Å²) in [5.41, 5.74) is 0.919. The second-order valence-electron chi connectivity index (χ2n) is 3.71. The van der Waals surface area contributed by atoms with Gasteiger partial charge in [-0.15, -0.1) is 0 Å². The van der Waals surface area contributed by atoms with Gasteiger partial charge in [0.25, 0.3) is 0 Å². The molecule has 0 saturated carbocycles. The van der Waals surface area contributed by atoms with Gasteiger partial charge in [0.2, 0.25) is 0 Å². The van der Waals surface area contributed by atoms with E-state index in [-0.39, 0.29) is 6.10 Å². The first-order valence-corrected chi connectivity index (χ1v) is 6.30. The summed E-state index contributed by atoms with van der Waals surface area (Å²) in [6.07, 6.45) is 0.838. The van der Waals surface area contributed by atoms with Crippen LogP contribution in [0.5, 0.6) is 5.75 Å². The van der Waals surface area contributed by atoms with Crippen molar-refractivity contribution in [2.45, 2.75) is 19.4 Å². The molecule has 0 spiro atoms. The highest BCUT2D eigenvalue weighted by Gasteiger charge is 2.28. The standard InChI is InChI=1S/C11H12Cl3NO/c1-2-15-5-6-3-7-10(14)8(12)4-9(13)11(7)16-6/h4,6,15H,2-3,5H2,1H3. The molecule has 1 unspecified atom stereocenters. The molecule has 1 N–H and O–H groups in total. The van der Waals surface area contributed by atoms with Crippen LogP contribution in [0.25, 0.3) is 0 Å². The van der Waals surface area contributed by atoms with Crippen molar-refractivity contribution < 1.29 is 4.74 Å². The third-order valence-corrected chi connectivity index (χ3v) is 3.66. The van der Waals surface area contributed by atoms with Crippen LogP contribution < -0.4 is 10.1 Å². The molecule has 1 atom stereocenters. The van der Waals surface area contributed by atoms with Gasteiger partial charge in [-0.3, -0.25) is 0 Å². The summed E-state index contributed by atoms with van der Waals surface area (Å²) in [6, 6.07) is 1.62. The fraction of sp³-hybridized carbons (Fsp3) is 0.455. The zero-order chi connectivity index (χ0) is 11.7. The van der Waals surface area contributed by atoms with Crippen LogP contribution in [0.15, 0.2) is 6.07 Å². The molecular weight excluding hydrogens is 268 g/mol. The van der Waals surface area contributed by atoms with Crippen LogP contribution in [-0.4, -0.2) is 19.2 Å². The number of halogens is 3. The predicted molar refractivity (Wildman–Crippen MR) is 68.1 cm³/mol. The third-order valence-electron chi connectivity index (χ3n) is 2.56. The molecule has 2 nitrogen and oxygen atoms in total. The minimum atomic E-state index is 0.0865. The molecule has 0 bridgehead atoms. The van der Waals surface area contributed by atoms with Gasteiger partial charge in [0, 0.05) is 18.5 Å². The van der Waals surface area contributed by atoms with Crippen LogP contribution in [0, 0.1) is 0 Å². The summed E-state index contributed by atoms with van der Waals surface area (Å²) in [5.74, 6) is 0.680. The van der Waals surface area contributed by atoms with Crippen molar-refractivity contribution in [2.75, 3.05) is 13.1 Å². The number of rotatable bonds is 3. The number of ether oxygens (including phenoxy) is 1. The second-order valence-corrected chi connectivity index (χ2v) is 4.91. The molecule has 5 heteroatoms. The lowest BCUT2D eigenvalue weighted by Gasteiger charge is -2.10. The van der Waals surface area contributed by atoms with Crippen LogP contribution in [0.4, 0.5) is 0 Å². The maximum atomic E-state index is 6.12. The van der Waals surface area contributed by atoms with Gasteiger partial charge in [-0.1, -0.05) is 41.7 Å². The predicted octanol–water partition coefficient (Wildman–Crippen LogP) is 3.56. The van der Waals surface area contributed by atoms with E-state index in [0.29, 0.717) is 20.8 Å². The van der Waals surface area contributed by atoms with Crippen molar-refractivity contribution in [3.05, 3.63) is 26.7 Å². The van der Waals surface area contributed by atoms with Gasteiger partial charge < -0.3 is 10.1 Å². The lowest BCUT2D eigenvalue weighted by atomic mass is 10.1. The minimum Gasteiger partial charge on any atom is -0.487 e. The Labute approximate surface area is 110 Å². The largest absolute Gasteiger partial charge is 0.487 e. The molecule has 1 aromatic carbocycles. The van der Waals surface area contributed by atoms with Crippen LogP contribution >= 0.6 is 34.8 Å². The average molecular weight is 281 g/mol. The fourth-order valence-electron chi connectivity index (χ4n) is 1.79. The summed E-state index contributed by atoms with van der Waals surface area (Å²) in [5, 5.41) is 4.81. The van der Waals surface area contributed by atoms with Gasteiger partial charge >= 0.3 is 0 Å². The smallest absolute Gasteiger partial charge is 0.143 e. The van der Waals surface area contributed by atoms with Crippen LogP contribution in [0.1, 0.15) is 12.5 Å². The molecule has 0 saturated heterocycles. The molecular formula is C11H12Cl3NO. The SMILES string of the molecule is CCNCC1Cc2c(Cl)c(Cl)cc(Cl)c2O1. The molecule has 0 aliphatic carbocycles. The number of likely N-dealkylation sites (N-methyl/N-ethyl adjacent to an activating group) is 1. The molecule has 1 aliphatic rings. The quantitative estimate of drug-likeness (QED) is 0.855. The van der Waals surface area contributed by atoms with Crippen molar-refractivity contribution >= 4 is 34.8 Å². The molecule has 0 amide bonds. The van der Waals surface area contributed by atoms with Crippen molar-refractivity contribution in [2.24, 2.45) is 0 Å². The van der Waals surface area contributed by atoms with E-state index >= 15 is 0 Å². The van der Waals surface area contributed by atoms with E-state index in [9.17, 15) is 0 Å². The molecule has 88 valence electrons. The summed E-state index contributed by atoms with van der Waals surface area (Å²) in [6.45, 7) is 3.76. The Hall–Kier alpha value is -0.150. The van der Waals surface area contributed by atoms with Gasteiger partial charge in [-0.25, -0.2) is 0 Å². The fourth-order valence-corrected chi connectivity index (χ4v) is 2.56. The number of hydrogen-bond acceptors (Lipinski definition) is 2. The van der Waals surface area contributed by atoms with Gasteiger partial charge in [-0.05, 0) is 12.6 Å². The maximum absolute atomic E-state index is 6.12. The normalized spacial score (nSPS) is 18.4. The maximum Gasteiger partial charge on any atom is 0.143 e. The zero-order valence-electron chi connectivity index (χ0n) is 8.82. The Balaban J connectivity index is 2.23. The molecule has 1 aliphatic heterocycles. The van der Waals surface area contributed by atoms with Gasteiger partial charge in [-0.2, -0.15) is 0 Å². The van der Waals surface area contributed by atoms with E-state index in [1.807, 2.05) is 0 Å². The van der Waals surface area contributed by atoms with Crippen LogP contribution in [-0.2, 0) is 6.42 Å². The first-order chi connectivity index (χ1) is 7.63. The second kappa shape index (κ2) is 5.01. The third kappa shape index (κ3) is 2.25. The van der Waals surface area contributed by atoms with Crippen molar-refractivity contribution in [3.8, 4) is 5.75 Å². The van der Waals surface area contributed by atoms with E-state index < -0.39 is 0 Å². The summed E-state index contributed by atoms with van der Waals surface area (Å²) >= 11 is 18.1. The van der Waals surface area contributed by atoms with Crippen molar-refractivity contribution in [3.63, 3.8) is 0 Å². The molecule has 0 radical (unpaired) electrons. The van der Waals surface area contributed by atoms with Gasteiger partial charge in [0.05, 0.1) is 15.1 Å². The highest BCUT2D eigenvalue weighted by molar-refractivity contribution is 6.44. The Kier molecular flexibility index (Phi) is 3.85. The molecule has 0 aromatic heterocycles. The van der Waals surface area contributed by atoms with Crippen molar-refractivity contribution in [1.82, 2.24) is 5.32 Å². The van der Waals surface area contributed by atoms with E-state index in [1.165, 1.54) is 0 Å². The Morgan fingerprint density at radius 2 is 2.12 bits per heavy atom. The first-order valence-electron chi connectivity index (χ1n) is 5.17. The Morgan fingerprint density at radius 3 is 2.81 bits per heavy atom. The van der Waals surface area contributed by atoms with E-state index in [4.69, 9.17) is 39.5 Å². The summed E-state index contributed by atoms with van der Waals surface area (Å²) < 4.78 is 5.74. The van der Waals surface area contributed by atoms with E-state index in [2.05, 4.69) is 12.2 Å². The summed E-state index contributed by atoms with van der Waals surface area (Å²) in [4.78, 5) is 0. The average Bonchev–Trinajstić information content (AvgIpc) is 2.68. The molecule has 1 heterocycles. The number of hydrogen-bond donors (Lipinski definition) is 1. The van der Waals surface area contributed by atoms with Gasteiger partial charge in [0.1, 0.15) is 11.9 Å². The number of nitrogens with one attached hydrogen (secondary N) is 1. The molecule has 1 aromatic rings. The number of benzene rings is 1. The molecule has 16 heavy (non-hydrogen) atoms. The van der Waals surface area contributed by atoms with Gasteiger partial charge in [0.15, 0.2) is 0 Å². The minimum absolute atomic E-state index is 0.0865. The molecule has 2 rings (SSSR count). The van der Waals surface area contributed by atoms with E-state index in [1.54, 1.807) is 6.07 Å². The highest BCUT2D eigenvalue weighted by Crippen LogP contribution is 2.43. The van der Waals surface area contributed by atoms with Crippen molar-refractivity contribution in [1.29, 1.82) is 0 Å². The first kappa shape index (κ1) is 12.3. The monoisotopic (exact) mass is 279 g/mol. The number of fused-ring (bicyclic) bond motifs is 1. The van der Waals surface area contributed by atoms with Crippen LogP contribution in [0.2, 0.25) is 15.1 Å². The Bertz CT molecular complexity index is 409. The molecule has 0 fully saturated rings. The highest BCUT2D eigenvalue weighted by atomic mass is 35.5. The summed E-state index contributed by atoms with van der Waals surface area (Å²) in [7, 11) is 0. The zero-order valence-corrected chi connectivity index (χ0v) is 11.1. The lowest BCUT2D eigenvalue weighted by Crippen LogP contribution is -2.29. The van der Waals surface area contributed by atoms with E-state index in [0.717, 1.165) is 25.1 Å². The lowest BCUT2D eigenvalue weighted by molar-refractivity contribution is 0.229. The Morgan fingerprint density at radius 1 is 1.38 bits per heavy atom. The topological polar surface area (TPSA) is 21.3 Å². The van der Waals surface area contributed by atoms with Crippen LogP contribution in [0.3, 0.4) is 0 Å².